The molecule has 0 saturated heterocycles. The molecule has 3 aromatic rings. The van der Waals surface area contributed by atoms with E-state index in [2.05, 4.69) is 5.32 Å². The molecule has 1 N–H and O–H groups in total. The van der Waals surface area contributed by atoms with Crippen LogP contribution in [0.25, 0.3) is 6.08 Å². The number of hydrogen-bond acceptors (Lipinski definition) is 4. The summed E-state index contributed by atoms with van der Waals surface area (Å²) >= 11 is 0. The first-order chi connectivity index (χ1) is 16.1. The maximum atomic E-state index is 14.3. The van der Waals surface area contributed by atoms with Crippen molar-refractivity contribution >= 4 is 23.6 Å². The second-order valence-electron chi connectivity index (χ2n) is 7.43. The van der Waals surface area contributed by atoms with Crippen molar-refractivity contribution in [2.75, 3.05) is 25.2 Å². The molecule has 0 aliphatic carbocycles. The Morgan fingerprint density at radius 3 is 2.55 bits per heavy atom. The molecule has 1 aliphatic rings. The molecule has 0 atom stereocenters. The van der Waals surface area contributed by atoms with Crippen molar-refractivity contribution in [2.24, 2.45) is 0 Å². The van der Waals surface area contributed by atoms with Crippen LogP contribution in [0.4, 0.5) is 10.1 Å². The maximum Gasteiger partial charge on any atom is 0.294 e. The average molecular weight is 446 g/mol. The highest BCUT2D eigenvalue weighted by molar-refractivity contribution is 6.09. The number of hydrogen-bond donors (Lipinski definition) is 1. The van der Waals surface area contributed by atoms with Gasteiger partial charge in [0.1, 0.15) is 5.82 Å². The number of halogens is 1. The summed E-state index contributed by atoms with van der Waals surface area (Å²) in [6, 6.07) is 20.3. The van der Waals surface area contributed by atoms with Gasteiger partial charge in [-0.05, 0) is 42.0 Å². The van der Waals surface area contributed by atoms with Gasteiger partial charge < -0.3 is 14.8 Å². The van der Waals surface area contributed by atoms with Crippen molar-refractivity contribution in [3.05, 3.63) is 101 Å². The number of benzene rings is 3. The number of amides is 2. The van der Waals surface area contributed by atoms with Crippen molar-refractivity contribution in [3.8, 4) is 5.75 Å². The lowest BCUT2D eigenvalue weighted by molar-refractivity contribution is -0.117. The smallest absolute Gasteiger partial charge is 0.294 e. The molecule has 3 aromatic carbocycles. The minimum atomic E-state index is -0.377. The zero-order valence-electron chi connectivity index (χ0n) is 18.1. The number of carbonyl (C=O) groups is 2. The van der Waals surface area contributed by atoms with Gasteiger partial charge in [-0.3, -0.25) is 14.5 Å². The predicted molar refractivity (Wildman–Crippen MR) is 123 cm³/mol. The third kappa shape index (κ3) is 5.10. The summed E-state index contributed by atoms with van der Waals surface area (Å²) in [4.78, 5) is 26.9. The van der Waals surface area contributed by atoms with Crippen molar-refractivity contribution in [3.63, 3.8) is 0 Å². The maximum absolute atomic E-state index is 14.3. The van der Waals surface area contributed by atoms with Gasteiger partial charge in [-0.15, -0.1) is 0 Å². The Hall–Kier alpha value is -3.97. The average Bonchev–Trinajstić information content (AvgIpc) is 2.83. The lowest BCUT2D eigenvalue weighted by Gasteiger charge is -2.30. The Kier molecular flexibility index (Phi) is 6.80. The van der Waals surface area contributed by atoms with E-state index in [0.717, 1.165) is 0 Å². The fraction of sp³-hybridized carbons (Fsp3) is 0.154. The van der Waals surface area contributed by atoms with Crippen LogP contribution in [0.2, 0.25) is 0 Å². The van der Waals surface area contributed by atoms with Crippen LogP contribution >= 0.6 is 0 Å². The molecule has 0 spiro atoms. The third-order valence-electron chi connectivity index (χ3n) is 5.18. The van der Waals surface area contributed by atoms with Crippen LogP contribution in [0.15, 0.2) is 78.6 Å². The molecule has 0 aromatic heterocycles. The van der Waals surface area contributed by atoms with Crippen molar-refractivity contribution in [1.82, 2.24) is 5.32 Å². The lowest BCUT2D eigenvalue weighted by Crippen LogP contribution is -2.37. The fourth-order valence-electron chi connectivity index (χ4n) is 3.47. The molecule has 2 amide bonds. The second kappa shape index (κ2) is 10.1. The van der Waals surface area contributed by atoms with E-state index >= 15 is 0 Å². The second-order valence-corrected chi connectivity index (χ2v) is 7.43. The molecule has 4 rings (SSSR count). The normalized spacial score (nSPS) is 14.1. The summed E-state index contributed by atoms with van der Waals surface area (Å²) in [5.74, 6) is -0.338. The topological polar surface area (TPSA) is 67.9 Å². The van der Waals surface area contributed by atoms with E-state index in [1.165, 1.54) is 11.0 Å². The lowest BCUT2D eigenvalue weighted by atomic mass is 10.1. The zero-order chi connectivity index (χ0) is 23.2. The van der Waals surface area contributed by atoms with E-state index in [4.69, 9.17) is 9.47 Å². The summed E-state index contributed by atoms with van der Waals surface area (Å²) in [5, 5.41) is 2.76. The van der Waals surface area contributed by atoms with Gasteiger partial charge in [0.15, 0.2) is 11.5 Å². The van der Waals surface area contributed by atoms with Crippen molar-refractivity contribution in [1.29, 1.82) is 0 Å². The number of carbonyl (C=O) groups excluding carboxylic acids is 2. The molecular weight excluding hydrogens is 423 g/mol. The SMILES string of the molecule is COCCNC(=O)c1ccc(C=C2Oc3ccccc3N(Cc3ccccc3F)C2=O)cc1. The van der Waals surface area contributed by atoms with Crippen LogP contribution in [0.1, 0.15) is 21.5 Å². The molecule has 6 nitrogen and oxygen atoms in total. The third-order valence-corrected chi connectivity index (χ3v) is 5.18. The summed E-state index contributed by atoms with van der Waals surface area (Å²) in [6.45, 7) is 0.921. The van der Waals surface area contributed by atoms with E-state index in [-0.39, 0.29) is 29.9 Å². The van der Waals surface area contributed by atoms with Crippen LogP contribution < -0.4 is 15.0 Å². The van der Waals surface area contributed by atoms with Gasteiger partial charge in [0.2, 0.25) is 0 Å². The molecule has 168 valence electrons. The van der Waals surface area contributed by atoms with Gasteiger partial charge in [-0.25, -0.2) is 4.39 Å². The Bertz CT molecular complexity index is 1190. The monoisotopic (exact) mass is 446 g/mol. The Balaban J connectivity index is 1.58. The molecule has 1 heterocycles. The van der Waals surface area contributed by atoms with E-state index in [9.17, 15) is 14.0 Å². The largest absolute Gasteiger partial charge is 0.449 e. The summed E-state index contributed by atoms with van der Waals surface area (Å²) in [5.41, 5.74) is 2.17. The molecule has 0 saturated carbocycles. The number of ether oxygens (including phenoxy) is 2. The van der Waals surface area contributed by atoms with Crippen molar-refractivity contribution in [2.45, 2.75) is 6.54 Å². The highest BCUT2D eigenvalue weighted by Gasteiger charge is 2.30. The highest BCUT2D eigenvalue weighted by atomic mass is 19.1. The van der Waals surface area contributed by atoms with E-state index in [0.29, 0.717) is 41.3 Å². The molecule has 1 aliphatic heterocycles. The van der Waals surface area contributed by atoms with Gasteiger partial charge in [0.25, 0.3) is 11.8 Å². The number of nitrogens with one attached hydrogen (secondary N) is 1. The Morgan fingerprint density at radius 1 is 1.06 bits per heavy atom. The van der Waals surface area contributed by atoms with E-state index < -0.39 is 0 Å². The highest BCUT2D eigenvalue weighted by Crippen LogP contribution is 2.36. The van der Waals surface area contributed by atoms with E-state index in [1.54, 1.807) is 73.8 Å². The van der Waals surface area contributed by atoms with Gasteiger partial charge in [0.05, 0.1) is 18.8 Å². The Labute approximate surface area is 191 Å². The van der Waals surface area contributed by atoms with Gasteiger partial charge in [-0.1, -0.05) is 42.5 Å². The van der Waals surface area contributed by atoms with Gasteiger partial charge in [0, 0.05) is 24.8 Å². The van der Waals surface area contributed by atoms with Crippen LogP contribution in [0.5, 0.6) is 5.75 Å². The standard InChI is InChI=1S/C26H23FN2O4/c1-32-15-14-28-25(30)19-12-10-18(11-13-19)16-24-26(31)29(17-20-6-2-3-7-21(20)27)22-8-4-5-9-23(22)33-24/h2-13,16H,14-15,17H2,1H3,(H,28,30). The summed E-state index contributed by atoms with van der Waals surface area (Å²) < 4.78 is 25.1. The van der Waals surface area contributed by atoms with Crippen molar-refractivity contribution < 1.29 is 23.5 Å². The minimum Gasteiger partial charge on any atom is -0.449 e. The van der Waals surface area contributed by atoms with Gasteiger partial charge in [-0.2, -0.15) is 0 Å². The molecule has 0 fully saturated rings. The molecule has 0 unspecified atom stereocenters. The molecule has 0 radical (unpaired) electrons. The van der Waals surface area contributed by atoms with Crippen LogP contribution in [0.3, 0.4) is 0 Å². The molecule has 0 bridgehead atoms. The quantitative estimate of drug-likeness (QED) is 0.437. The fourth-order valence-corrected chi connectivity index (χ4v) is 3.47. The minimum absolute atomic E-state index is 0.0732. The van der Waals surface area contributed by atoms with Crippen LogP contribution in [-0.4, -0.2) is 32.1 Å². The number of fused-ring (bicyclic) bond motifs is 1. The van der Waals surface area contributed by atoms with Crippen LogP contribution in [-0.2, 0) is 16.1 Å². The van der Waals surface area contributed by atoms with E-state index in [1.807, 2.05) is 6.07 Å². The molecular formula is C26H23FN2O4. The Morgan fingerprint density at radius 2 is 1.79 bits per heavy atom. The summed E-state index contributed by atoms with van der Waals surface area (Å²) in [7, 11) is 1.57. The molecule has 7 heteroatoms. The number of methoxy groups -OCH3 is 1. The number of para-hydroxylation sites is 2. The van der Waals surface area contributed by atoms with Crippen LogP contribution in [0, 0.1) is 5.82 Å². The number of nitrogens with zero attached hydrogens (tertiary/aromatic N) is 1. The zero-order valence-corrected chi connectivity index (χ0v) is 18.1. The number of anilines is 1. The number of rotatable bonds is 7. The summed E-state index contributed by atoms with van der Waals surface area (Å²) in [6.07, 6.45) is 1.61. The first-order valence-electron chi connectivity index (χ1n) is 10.5. The predicted octanol–water partition coefficient (Wildman–Crippen LogP) is 4.17. The first kappa shape index (κ1) is 22.2. The molecule has 33 heavy (non-hydrogen) atoms. The first-order valence-corrected chi connectivity index (χ1v) is 10.5. The van der Waals surface area contributed by atoms with Gasteiger partial charge >= 0.3 is 0 Å².